The summed E-state index contributed by atoms with van der Waals surface area (Å²) in [5.41, 5.74) is 2.80. The first kappa shape index (κ1) is 23.5. The molecule has 0 unspecified atom stereocenters. The van der Waals surface area contributed by atoms with E-state index < -0.39 is 10.0 Å². The van der Waals surface area contributed by atoms with Crippen LogP contribution in [-0.2, 0) is 10.0 Å². The molecule has 0 saturated carbocycles. The second-order valence-corrected chi connectivity index (χ2v) is 9.82. The first-order valence-corrected chi connectivity index (χ1v) is 12.5. The van der Waals surface area contributed by atoms with E-state index in [9.17, 15) is 8.42 Å². The molecule has 1 aromatic heterocycles. The fourth-order valence-electron chi connectivity index (χ4n) is 3.13. The molecule has 0 spiro atoms. The van der Waals surface area contributed by atoms with Gasteiger partial charge in [0.1, 0.15) is 16.5 Å². The molecule has 0 saturated heterocycles. The van der Waals surface area contributed by atoms with Crippen LogP contribution in [0.4, 0.5) is 28.8 Å². The van der Waals surface area contributed by atoms with Gasteiger partial charge in [0.2, 0.25) is 5.95 Å². The highest BCUT2D eigenvalue weighted by atomic mass is 79.9. The Balaban J connectivity index is 1.46. The second-order valence-electron chi connectivity index (χ2n) is 7.31. The number of nitrogens with zero attached hydrogens (tertiary/aromatic N) is 2. The van der Waals surface area contributed by atoms with E-state index in [2.05, 4.69) is 41.3 Å². The molecule has 3 N–H and O–H groups in total. The molecular weight excluding hydrogens is 518 g/mol. The van der Waals surface area contributed by atoms with Crippen molar-refractivity contribution in [1.82, 2.24) is 9.97 Å². The van der Waals surface area contributed by atoms with Gasteiger partial charge >= 0.3 is 0 Å². The average molecular weight is 540 g/mol. The predicted molar refractivity (Wildman–Crippen MR) is 138 cm³/mol. The number of methoxy groups -OCH3 is 1. The number of halogens is 1. The van der Waals surface area contributed by atoms with Gasteiger partial charge in [-0.15, -0.1) is 0 Å². The molecule has 0 aliphatic rings. The van der Waals surface area contributed by atoms with Gasteiger partial charge in [0.05, 0.1) is 7.11 Å². The molecule has 4 aromatic rings. The second kappa shape index (κ2) is 10.1. The van der Waals surface area contributed by atoms with E-state index in [-0.39, 0.29) is 4.90 Å². The van der Waals surface area contributed by atoms with Gasteiger partial charge in [-0.3, -0.25) is 4.72 Å². The summed E-state index contributed by atoms with van der Waals surface area (Å²) in [5, 5.41) is 6.40. The lowest BCUT2D eigenvalue weighted by molar-refractivity contribution is 0.415. The SMILES string of the molecule is COc1ccc(Nc2cc(C)nc(Nc3ccc(NS(=O)(=O)c4ccccc4Br)cc3)n2)cc1. The quantitative estimate of drug-likeness (QED) is 0.258. The first-order chi connectivity index (χ1) is 16.3. The highest BCUT2D eigenvalue weighted by Crippen LogP contribution is 2.25. The van der Waals surface area contributed by atoms with Crippen LogP contribution in [0.2, 0.25) is 0 Å². The lowest BCUT2D eigenvalue weighted by Crippen LogP contribution is -2.13. The highest BCUT2D eigenvalue weighted by Gasteiger charge is 2.17. The highest BCUT2D eigenvalue weighted by molar-refractivity contribution is 9.10. The van der Waals surface area contributed by atoms with Crippen LogP contribution in [0.25, 0.3) is 0 Å². The van der Waals surface area contributed by atoms with Crippen molar-refractivity contribution in [2.45, 2.75) is 11.8 Å². The summed E-state index contributed by atoms with van der Waals surface area (Å²) in [6.07, 6.45) is 0. The Kier molecular flexibility index (Phi) is 6.99. The molecule has 34 heavy (non-hydrogen) atoms. The van der Waals surface area contributed by atoms with E-state index in [1.54, 1.807) is 49.6 Å². The maximum atomic E-state index is 12.7. The van der Waals surface area contributed by atoms with Gasteiger partial charge in [0.15, 0.2) is 0 Å². The fourth-order valence-corrected chi connectivity index (χ4v) is 5.20. The minimum Gasteiger partial charge on any atom is -0.497 e. The molecule has 1 heterocycles. The summed E-state index contributed by atoms with van der Waals surface area (Å²) in [5.74, 6) is 1.82. The van der Waals surface area contributed by atoms with Crippen molar-refractivity contribution in [3.8, 4) is 5.75 Å². The largest absolute Gasteiger partial charge is 0.497 e. The molecule has 0 amide bonds. The monoisotopic (exact) mass is 539 g/mol. The summed E-state index contributed by atoms with van der Waals surface area (Å²) in [7, 11) is -2.10. The number of aromatic nitrogens is 2. The van der Waals surface area contributed by atoms with Crippen molar-refractivity contribution < 1.29 is 13.2 Å². The zero-order valence-corrected chi connectivity index (χ0v) is 20.8. The number of aryl methyl sites for hydroxylation is 1. The van der Waals surface area contributed by atoms with Crippen molar-refractivity contribution in [1.29, 1.82) is 0 Å². The Labute approximate surface area is 206 Å². The molecule has 0 aliphatic heterocycles. The molecule has 0 bridgehead atoms. The van der Waals surface area contributed by atoms with Crippen LogP contribution in [-0.4, -0.2) is 25.5 Å². The number of rotatable bonds is 8. The number of anilines is 5. The molecule has 10 heteroatoms. The third-order valence-corrected chi connectivity index (χ3v) is 7.13. The number of hydrogen-bond acceptors (Lipinski definition) is 7. The van der Waals surface area contributed by atoms with Gasteiger partial charge < -0.3 is 15.4 Å². The van der Waals surface area contributed by atoms with Crippen LogP contribution >= 0.6 is 15.9 Å². The summed E-state index contributed by atoms with van der Waals surface area (Å²) in [6.45, 7) is 1.88. The maximum absolute atomic E-state index is 12.7. The standard InChI is InChI=1S/C24H22BrN5O3S/c1-16-15-23(27-17-11-13-20(33-2)14-12-17)29-24(26-16)28-18-7-9-19(10-8-18)30-34(31,32)22-6-4-3-5-21(22)25/h3-15,30H,1-2H3,(H2,26,27,28,29). The van der Waals surface area contributed by atoms with Crippen molar-refractivity contribution in [2.24, 2.45) is 0 Å². The van der Waals surface area contributed by atoms with E-state index >= 15 is 0 Å². The molecule has 174 valence electrons. The van der Waals surface area contributed by atoms with Crippen LogP contribution in [0.5, 0.6) is 5.75 Å². The molecular formula is C24H22BrN5O3S. The Morgan fingerprint density at radius 1 is 0.824 bits per heavy atom. The third kappa shape index (κ3) is 5.83. The average Bonchev–Trinajstić information content (AvgIpc) is 2.80. The zero-order chi connectivity index (χ0) is 24.1. The zero-order valence-electron chi connectivity index (χ0n) is 18.4. The smallest absolute Gasteiger partial charge is 0.263 e. The van der Waals surface area contributed by atoms with Gasteiger partial charge in [-0.2, -0.15) is 4.98 Å². The molecule has 0 atom stereocenters. The number of hydrogen-bond donors (Lipinski definition) is 3. The Hall–Kier alpha value is -3.63. The summed E-state index contributed by atoms with van der Waals surface area (Å²) in [4.78, 5) is 9.12. The maximum Gasteiger partial charge on any atom is 0.263 e. The molecule has 3 aromatic carbocycles. The topological polar surface area (TPSA) is 105 Å². The van der Waals surface area contributed by atoms with Gasteiger partial charge in [-0.1, -0.05) is 12.1 Å². The number of nitrogens with one attached hydrogen (secondary N) is 3. The van der Waals surface area contributed by atoms with E-state index in [4.69, 9.17) is 4.74 Å². The van der Waals surface area contributed by atoms with Crippen LogP contribution in [0.3, 0.4) is 0 Å². The number of benzene rings is 3. The van der Waals surface area contributed by atoms with E-state index in [0.717, 1.165) is 17.1 Å². The lowest BCUT2D eigenvalue weighted by Gasteiger charge is -2.12. The van der Waals surface area contributed by atoms with Crippen molar-refractivity contribution in [3.63, 3.8) is 0 Å². The normalized spacial score (nSPS) is 11.0. The lowest BCUT2D eigenvalue weighted by atomic mass is 10.3. The Morgan fingerprint density at radius 3 is 2.12 bits per heavy atom. The molecule has 0 radical (unpaired) electrons. The minimum atomic E-state index is -3.72. The van der Waals surface area contributed by atoms with E-state index in [0.29, 0.717) is 27.6 Å². The molecule has 0 fully saturated rings. The number of sulfonamides is 1. The molecule has 8 nitrogen and oxygen atoms in total. The molecule has 0 aliphatic carbocycles. The molecule has 4 rings (SSSR count). The van der Waals surface area contributed by atoms with E-state index in [1.807, 2.05) is 37.3 Å². The van der Waals surface area contributed by atoms with Gasteiger partial charge in [-0.25, -0.2) is 13.4 Å². The van der Waals surface area contributed by atoms with Gasteiger partial charge in [-0.05, 0) is 83.5 Å². The van der Waals surface area contributed by atoms with Crippen LogP contribution in [0, 0.1) is 6.92 Å². The van der Waals surface area contributed by atoms with Crippen molar-refractivity contribution in [3.05, 3.63) is 89.0 Å². The van der Waals surface area contributed by atoms with Crippen LogP contribution in [0.1, 0.15) is 5.69 Å². The Bertz CT molecular complexity index is 1400. The third-order valence-electron chi connectivity index (χ3n) is 4.74. The van der Waals surface area contributed by atoms with Crippen molar-refractivity contribution >= 4 is 54.8 Å². The van der Waals surface area contributed by atoms with Gasteiger partial charge in [0, 0.05) is 33.3 Å². The number of ether oxygens (including phenoxy) is 1. The first-order valence-electron chi connectivity index (χ1n) is 10.2. The Morgan fingerprint density at radius 2 is 1.44 bits per heavy atom. The predicted octanol–water partition coefficient (Wildman–Crippen LogP) is 5.84. The van der Waals surface area contributed by atoms with Crippen LogP contribution < -0.4 is 20.1 Å². The minimum absolute atomic E-state index is 0.169. The summed E-state index contributed by atoms with van der Waals surface area (Å²) in [6, 6.07) is 22.9. The summed E-state index contributed by atoms with van der Waals surface area (Å²) >= 11 is 3.28. The van der Waals surface area contributed by atoms with Gasteiger partial charge in [0.25, 0.3) is 10.0 Å². The summed E-state index contributed by atoms with van der Waals surface area (Å²) < 4.78 is 33.6. The van der Waals surface area contributed by atoms with E-state index in [1.165, 1.54) is 6.07 Å². The van der Waals surface area contributed by atoms with Crippen LogP contribution in [0.15, 0.2) is 88.2 Å². The van der Waals surface area contributed by atoms with Crippen molar-refractivity contribution in [2.75, 3.05) is 22.5 Å². The fraction of sp³-hybridized carbons (Fsp3) is 0.0833.